The third-order valence-corrected chi connectivity index (χ3v) is 4.90. The average Bonchev–Trinajstić information content (AvgIpc) is 2.67. The molecule has 0 unspecified atom stereocenters. The van der Waals surface area contributed by atoms with E-state index in [0.29, 0.717) is 11.1 Å². The van der Waals surface area contributed by atoms with Crippen LogP contribution in [-0.4, -0.2) is 14.2 Å². The van der Waals surface area contributed by atoms with Gasteiger partial charge >= 0.3 is 10.1 Å². The number of hydrogen-bond donors (Lipinski definition) is 0. The second-order valence-electron chi connectivity index (χ2n) is 5.63. The molecule has 3 aromatic rings. The Morgan fingerprint density at radius 2 is 1.59 bits per heavy atom. The first-order valence-electron chi connectivity index (χ1n) is 8.02. The van der Waals surface area contributed by atoms with Crippen molar-refractivity contribution < 1.29 is 21.8 Å². The van der Waals surface area contributed by atoms with E-state index >= 15 is 0 Å². The summed E-state index contributed by atoms with van der Waals surface area (Å²) in [6.07, 6.45) is 3.06. The minimum atomic E-state index is -4.12. The molecule has 0 N–H and O–H groups in total. The average molecular weight is 382 g/mol. The molecule has 27 heavy (non-hydrogen) atoms. The predicted molar refractivity (Wildman–Crippen MR) is 100 cm³/mol. The standard InChI is InChI=1S/C21H15FO4S/c22-18-7-4-8-20(15-18)27(24,25)26-19-12-9-16(10-13-19)11-14-21(23)17-5-2-1-3-6-17/h1-15H. The molecule has 0 aromatic heterocycles. The Hall–Kier alpha value is -3.25. The molecule has 6 heteroatoms. The first-order valence-corrected chi connectivity index (χ1v) is 9.42. The lowest BCUT2D eigenvalue weighted by atomic mass is 10.1. The topological polar surface area (TPSA) is 60.4 Å². The molecule has 0 saturated heterocycles. The van der Waals surface area contributed by atoms with Gasteiger partial charge in [-0.05, 0) is 42.0 Å². The van der Waals surface area contributed by atoms with Gasteiger partial charge in [0.05, 0.1) is 0 Å². The fourth-order valence-corrected chi connectivity index (χ4v) is 3.27. The lowest BCUT2D eigenvalue weighted by molar-refractivity contribution is 0.104. The molecule has 0 radical (unpaired) electrons. The number of ketones is 1. The number of rotatable bonds is 6. The zero-order valence-electron chi connectivity index (χ0n) is 14.1. The number of benzene rings is 3. The van der Waals surface area contributed by atoms with E-state index in [-0.39, 0.29) is 16.4 Å². The van der Waals surface area contributed by atoms with Gasteiger partial charge in [0, 0.05) is 5.56 Å². The zero-order chi connectivity index (χ0) is 19.3. The van der Waals surface area contributed by atoms with Crippen LogP contribution in [0.5, 0.6) is 5.75 Å². The van der Waals surface area contributed by atoms with Crippen LogP contribution >= 0.6 is 0 Å². The summed E-state index contributed by atoms with van der Waals surface area (Å²) in [6.45, 7) is 0. The van der Waals surface area contributed by atoms with Crippen molar-refractivity contribution in [3.05, 3.63) is 102 Å². The van der Waals surface area contributed by atoms with Crippen molar-refractivity contribution in [2.24, 2.45) is 0 Å². The Bertz CT molecular complexity index is 1070. The molecule has 0 heterocycles. The third-order valence-electron chi connectivity index (χ3n) is 3.66. The molecular weight excluding hydrogens is 367 g/mol. The van der Waals surface area contributed by atoms with Gasteiger partial charge in [-0.2, -0.15) is 8.42 Å². The first-order chi connectivity index (χ1) is 12.9. The van der Waals surface area contributed by atoms with E-state index in [1.165, 1.54) is 30.3 Å². The van der Waals surface area contributed by atoms with Crippen molar-refractivity contribution in [2.75, 3.05) is 0 Å². The Morgan fingerprint density at radius 3 is 2.26 bits per heavy atom. The van der Waals surface area contributed by atoms with Crippen LogP contribution in [-0.2, 0) is 10.1 Å². The molecule has 0 bridgehead atoms. The van der Waals surface area contributed by atoms with Crippen molar-refractivity contribution in [3.8, 4) is 5.75 Å². The molecule has 3 rings (SSSR count). The fraction of sp³-hybridized carbons (Fsp3) is 0. The van der Waals surface area contributed by atoms with Gasteiger partial charge in [-0.3, -0.25) is 4.79 Å². The van der Waals surface area contributed by atoms with Crippen LogP contribution in [0.1, 0.15) is 15.9 Å². The monoisotopic (exact) mass is 382 g/mol. The van der Waals surface area contributed by atoms with E-state index in [2.05, 4.69) is 0 Å². The van der Waals surface area contributed by atoms with Crippen LogP contribution in [0, 0.1) is 5.82 Å². The third kappa shape index (κ3) is 4.89. The van der Waals surface area contributed by atoms with Crippen LogP contribution in [0.2, 0.25) is 0 Å². The van der Waals surface area contributed by atoms with E-state index in [1.807, 2.05) is 6.07 Å². The highest BCUT2D eigenvalue weighted by atomic mass is 32.2. The summed E-state index contributed by atoms with van der Waals surface area (Å²) in [5, 5.41) is 0. The van der Waals surface area contributed by atoms with Crippen LogP contribution in [0.25, 0.3) is 6.08 Å². The second-order valence-corrected chi connectivity index (χ2v) is 7.17. The number of halogens is 1. The van der Waals surface area contributed by atoms with Crippen LogP contribution in [0.4, 0.5) is 4.39 Å². The van der Waals surface area contributed by atoms with E-state index in [9.17, 15) is 17.6 Å². The summed E-state index contributed by atoms with van der Waals surface area (Å²) in [6, 6.07) is 19.6. The summed E-state index contributed by atoms with van der Waals surface area (Å²) in [4.78, 5) is 11.8. The van der Waals surface area contributed by atoms with Gasteiger partial charge in [-0.25, -0.2) is 4.39 Å². The SMILES string of the molecule is O=C(C=Cc1ccc(OS(=O)(=O)c2cccc(F)c2)cc1)c1ccccc1. The van der Waals surface area contributed by atoms with Gasteiger partial charge < -0.3 is 4.18 Å². The normalized spacial score (nSPS) is 11.4. The Labute approximate surface area is 156 Å². The van der Waals surface area contributed by atoms with E-state index < -0.39 is 15.9 Å². The smallest absolute Gasteiger partial charge is 0.339 e. The first kappa shape index (κ1) is 18.5. The Morgan fingerprint density at radius 1 is 0.889 bits per heavy atom. The molecule has 0 atom stereocenters. The van der Waals surface area contributed by atoms with Gasteiger partial charge in [0.2, 0.25) is 0 Å². The second kappa shape index (κ2) is 7.97. The molecule has 0 amide bonds. The Kier molecular flexibility index (Phi) is 5.47. The van der Waals surface area contributed by atoms with E-state index in [4.69, 9.17) is 4.18 Å². The summed E-state index contributed by atoms with van der Waals surface area (Å²) in [7, 11) is -4.12. The van der Waals surface area contributed by atoms with E-state index in [1.54, 1.807) is 42.5 Å². The predicted octanol–water partition coefficient (Wildman–Crippen LogP) is 4.49. The lowest BCUT2D eigenvalue weighted by Crippen LogP contribution is -2.09. The largest absolute Gasteiger partial charge is 0.379 e. The highest BCUT2D eigenvalue weighted by Gasteiger charge is 2.17. The summed E-state index contributed by atoms with van der Waals surface area (Å²) in [5.41, 5.74) is 1.28. The summed E-state index contributed by atoms with van der Waals surface area (Å²) in [5.74, 6) is -0.710. The molecule has 4 nitrogen and oxygen atoms in total. The van der Waals surface area contributed by atoms with Gasteiger partial charge in [0.15, 0.2) is 5.78 Å². The number of carbonyl (C=O) groups is 1. The maximum Gasteiger partial charge on any atom is 0.339 e. The van der Waals surface area contributed by atoms with Crippen molar-refractivity contribution in [3.63, 3.8) is 0 Å². The molecule has 136 valence electrons. The van der Waals surface area contributed by atoms with Gasteiger partial charge in [0.25, 0.3) is 0 Å². The number of carbonyl (C=O) groups excluding carboxylic acids is 1. The maximum absolute atomic E-state index is 13.2. The summed E-state index contributed by atoms with van der Waals surface area (Å²) < 4.78 is 42.5. The molecule has 0 fully saturated rings. The molecule has 0 saturated carbocycles. The molecule has 0 aliphatic carbocycles. The fourth-order valence-electron chi connectivity index (χ4n) is 2.30. The molecular formula is C21H15FO4S. The number of hydrogen-bond acceptors (Lipinski definition) is 4. The quantitative estimate of drug-likeness (QED) is 0.358. The van der Waals surface area contributed by atoms with Crippen molar-refractivity contribution in [1.82, 2.24) is 0 Å². The van der Waals surface area contributed by atoms with Gasteiger partial charge in [-0.15, -0.1) is 0 Å². The summed E-state index contributed by atoms with van der Waals surface area (Å²) >= 11 is 0. The maximum atomic E-state index is 13.2. The van der Waals surface area contributed by atoms with Crippen LogP contribution < -0.4 is 4.18 Å². The Balaban J connectivity index is 1.70. The molecule has 0 aliphatic rings. The lowest BCUT2D eigenvalue weighted by Gasteiger charge is -2.07. The highest BCUT2D eigenvalue weighted by Crippen LogP contribution is 2.20. The minimum absolute atomic E-state index is 0.0887. The van der Waals surface area contributed by atoms with E-state index in [0.717, 1.165) is 12.1 Å². The highest BCUT2D eigenvalue weighted by molar-refractivity contribution is 7.87. The van der Waals surface area contributed by atoms with Crippen LogP contribution in [0.3, 0.4) is 0 Å². The van der Waals surface area contributed by atoms with Crippen molar-refractivity contribution >= 4 is 22.0 Å². The zero-order valence-corrected chi connectivity index (χ0v) is 14.9. The van der Waals surface area contributed by atoms with Gasteiger partial charge in [0.1, 0.15) is 16.5 Å². The van der Waals surface area contributed by atoms with Crippen LogP contribution in [0.15, 0.2) is 89.8 Å². The van der Waals surface area contributed by atoms with Crippen molar-refractivity contribution in [1.29, 1.82) is 0 Å². The van der Waals surface area contributed by atoms with Gasteiger partial charge in [-0.1, -0.05) is 54.6 Å². The minimum Gasteiger partial charge on any atom is -0.379 e. The molecule has 0 spiro atoms. The van der Waals surface area contributed by atoms with Crippen molar-refractivity contribution in [2.45, 2.75) is 4.90 Å². The number of allylic oxidation sites excluding steroid dienone is 1. The molecule has 3 aromatic carbocycles. The molecule has 0 aliphatic heterocycles.